The molecule has 0 heterocycles. The highest BCUT2D eigenvalue weighted by atomic mass is 35.6. The van der Waals surface area contributed by atoms with Gasteiger partial charge in [0.25, 0.3) is 0 Å². The van der Waals surface area contributed by atoms with Crippen molar-refractivity contribution in [2.75, 3.05) is 5.88 Å². The van der Waals surface area contributed by atoms with E-state index in [2.05, 4.69) is 0 Å². The average Bonchev–Trinajstić information content (AvgIpc) is 1.97. The molecule has 14 heavy (non-hydrogen) atoms. The minimum absolute atomic E-state index is 0.105. The van der Waals surface area contributed by atoms with Crippen LogP contribution in [0.15, 0.2) is 0 Å². The summed E-state index contributed by atoms with van der Waals surface area (Å²) < 4.78 is 11.3. The molecule has 0 aliphatic carbocycles. The van der Waals surface area contributed by atoms with Crippen LogP contribution in [0.2, 0.25) is 6.04 Å². The minimum Gasteiger partial charge on any atom is -0.381 e. The molecule has 0 amide bonds. The first-order valence-electron chi connectivity index (χ1n) is 5.00. The predicted octanol–water partition coefficient (Wildman–Crippen LogP) is 3.64. The lowest BCUT2D eigenvalue weighted by atomic mass is 10.5. The summed E-state index contributed by atoms with van der Waals surface area (Å²) in [7, 11) is -2.51. The van der Waals surface area contributed by atoms with Crippen LogP contribution in [-0.4, -0.2) is 26.0 Å². The maximum atomic E-state index is 6.34. The molecule has 0 radical (unpaired) electrons. The maximum absolute atomic E-state index is 6.34. The van der Waals surface area contributed by atoms with Crippen molar-refractivity contribution in [2.45, 2.75) is 52.4 Å². The second kappa shape index (κ2) is 7.07. The van der Waals surface area contributed by atoms with Crippen LogP contribution in [0.4, 0.5) is 0 Å². The summed E-state index contributed by atoms with van der Waals surface area (Å²) in [6.45, 7) is 7.87. The fourth-order valence-electron chi connectivity index (χ4n) is 1.13. The summed E-state index contributed by atoms with van der Waals surface area (Å²) in [5, 5.41) is 0. The van der Waals surface area contributed by atoms with Crippen LogP contribution in [0.25, 0.3) is 0 Å². The van der Waals surface area contributed by atoms with Crippen LogP contribution >= 0.6 is 22.7 Å². The highest BCUT2D eigenvalue weighted by Crippen LogP contribution is 2.24. The zero-order chi connectivity index (χ0) is 11.2. The molecule has 0 aromatic heterocycles. The van der Waals surface area contributed by atoms with Gasteiger partial charge in [0.05, 0.1) is 0 Å². The van der Waals surface area contributed by atoms with Gasteiger partial charge in [0.15, 0.2) is 0 Å². The van der Waals surface area contributed by atoms with E-state index in [0.29, 0.717) is 5.88 Å². The van der Waals surface area contributed by atoms with Crippen molar-refractivity contribution in [1.82, 2.24) is 0 Å². The number of hydrogen-bond donors (Lipinski definition) is 0. The van der Waals surface area contributed by atoms with E-state index < -0.39 is 7.87 Å². The molecule has 0 N–H and O–H groups in total. The highest BCUT2D eigenvalue weighted by molar-refractivity contribution is 7.13. The monoisotopic (exact) mass is 258 g/mol. The molecule has 0 spiro atoms. The third-order valence-electron chi connectivity index (χ3n) is 1.43. The maximum Gasteiger partial charge on any atom is 0.443 e. The summed E-state index contributed by atoms with van der Waals surface area (Å²) in [5.41, 5.74) is 0. The zero-order valence-corrected chi connectivity index (χ0v) is 11.9. The molecular weight excluding hydrogens is 239 g/mol. The Balaban J connectivity index is 4.17. The molecule has 0 fully saturated rings. The standard InChI is InChI=1S/C9H20Cl2O2Si/c1-8(2)12-14(11,7-5-6-10)13-9(3)4/h8-9H,5-7H2,1-4H3. The first-order valence-corrected chi connectivity index (χ1v) is 8.57. The summed E-state index contributed by atoms with van der Waals surface area (Å²) in [6.07, 6.45) is 1.05. The fraction of sp³-hybridized carbons (Fsp3) is 1.00. The SMILES string of the molecule is CC(C)O[Si](Cl)(CCCCl)OC(C)C. The number of rotatable bonds is 7. The Morgan fingerprint density at radius 1 is 1.07 bits per heavy atom. The topological polar surface area (TPSA) is 18.5 Å². The Kier molecular flexibility index (Phi) is 7.43. The fourth-order valence-corrected chi connectivity index (χ4v) is 5.25. The van der Waals surface area contributed by atoms with Crippen molar-refractivity contribution in [3.8, 4) is 0 Å². The second-order valence-electron chi connectivity index (χ2n) is 3.79. The largest absolute Gasteiger partial charge is 0.443 e. The summed E-state index contributed by atoms with van der Waals surface area (Å²) in [6, 6.07) is 0.744. The first kappa shape index (κ1) is 14.7. The number of halogens is 2. The number of alkyl halides is 1. The van der Waals surface area contributed by atoms with Gasteiger partial charge in [-0.15, -0.1) is 11.6 Å². The Morgan fingerprint density at radius 2 is 1.50 bits per heavy atom. The normalized spacial score (nSPS) is 12.9. The number of hydrogen-bond acceptors (Lipinski definition) is 2. The van der Waals surface area contributed by atoms with Gasteiger partial charge in [0, 0.05) is 24.1 Å². The predicted molar refractivity (Wildman–Crippen MR) is 64.2 cm³/mol. The molecule has 0 atom stereocenters. The molecule has 5 heteroatoms. The quantitative estimate of drug-likeness (QED) is 0.395. The minimum atomic E-state index is -2.51. The highest BCUT2D eigenvalue weighted by Gasteiger charge is 2.37. The Bertz CT molecular complexity index is 144. The van der Waals surface area contributed by atoms with Gasteiger partial charge in [0.2, 0.25) is 0 Å². The van der Waals surface area contributed by atoms with E-state index >= 15 is 0 Å². The first-order chi connectivity index (χ1) is 6.39. The Morgan fingerprint density at radius 3 is 1.79 bits per heavy atom. The van der Waals surface area contributed by atoms with Crippen molar-refractivity contribution < 1.29 is 8.85 Å². The van der Waals surface area contributed by atoms with Gasteiger partial charge in [-0.3, -0.25) is 0 Å². The summed E-state index contributed by atoms with van der Waals surface area (Å²) >= 11 is 12.0. The molecule has 0 bridgehead atoms. The van der Waals surface area contributed by atoms with E-state index in [1.807, 2.05) is 27.7 Å². The van der Waals surface area contributed by atoms with E-state index in [-0.39, 0.29) is 12.2 Å². The van der Waals surface area contributed by atoms with Gasteiger partial charge in [-0.1, -0.05) is 11.1 Å². The molecule has 0 rings (SSSR count). The lowest BCUT2D eigenvalue weighted by Crippen LogP contribution is -2.40. The van der Waals surface area contributed by atoms with E-state index in [1.165, 1.54) is 0 Å². The van der Waals surface area contributed by atoms with E-state index in [0.717, 1.165) is 12.5 Å². The van der Waals surface area contributed by atoms with Gasteiger partial charge >= 0.3 is 7.87 Å². The van der Waals surface area contributed by atoms with Crippen molar-refractivity contribution in [2.24, 2.45) is 0 Å². The van der Waals surface area contributed by atoms with Gasteiger partial charge in [-0.2, -0.15) is 0 Å². The third kappa shape index (κ3) is 7.07. The third-order valence-corrected chi connectivity index (χ3v) is 5.40. The molecule has 2 nitrogen and oxygen atoms in total. The lowest BCUT2D eigenvalue weighted by Gasteiger charge is -2.28. The average molecular weight is 259 g/mol. The van der Waals surface area contributed by atoms with Crippen molar-refractivity contribution in [3.05, 3.63) is 0 Å². The van der Waals surface area contributed by atoms with Crippen LogP contribution in [0.3, 0.4) is 0 Å². The summed E-state index contributed by atoms with van der Waals surface area (Å²) in [4.78, 5) is 0. The molecule has 86 valence electrons. The van der Waals surface area contributed by atoms with E-state index in [1.54, 1.807) is 0 Å². The Labute approximate surface area is 97.8 Å². The van der Waals surface area contributed by atoms with Crippen LogP contribution < -0.4 is 0 Å². The molecule has 0 unspecified atom stereocenters. The molecule has 0 aliphatic heterocycles. The van der Waals surface area contributed by atoms with Gasteiger partial charge < -0.3 is 8.85 Å². The van der Waals surface area contributed by atoms with E-state index in [4.69, 9.17) is 31.5 Å². The lowest BCUT2D eigenvalue weighted by molar-refractivity contribution is 0.121. The molecule has 0 aliphatic rings. The van der Waals surface area contributed by atoms with Crippen LogP contribution in [-0.2, 0) is 8.85 Å². The molecule has 0 aromatic carbocycles. The zero-order valence-electron chi connectivity index (χ0n) is 9.35. The molecule has 0 saturated heterocycles. The van der Waals surface area contributed by atoms with Crippen LogP contribution in [0.5, 0.6) is 0 Å². The smallest absolute Gasteiger partial charge is 0.381 e. The molecule has 0 saturated carbocycles. The molecule has 0 aromatic rings. The van der Waals surface area contributed by atoms with E-state index in [9.17, 15) is 0 Å². The Hall–Kier alpha value is 0.717. The van der Waals surface area contributed by atoms with Crippen LogP contribution in [0, 0.1) is 0 Å². The van der Waals surface area contributed by atoms with Crippen molar-refractivity contribution in [1.29, 1.82) is 0 Å². The van der Waals surface area contributed by atoms with Crippen LogP contribution in [0.1, 0.15) is 34.1 Å². The molecular formula is C9H20Cl2O2Si. The van der Waals surface area contributed by atoms with Crippen molar-refractivity contribution in [3.63, 3.8) is 0 Å². The van der Waals surface area contributed by atoms with Gasteiger partial charge in [-0.25, -0.2) is 0 Å². The van der Waals surface area contributed by atoms with Gasteiger partial charge in [0.1, 0.15) is 0 Å². The van der Waals surface area contributed by atoms with Crippen molar-refractivity contribution >= 4 is 30.6 Å². The second-order valence-corrected chi connectivity index (χ2v) is 8.18. The van der Waals surface area contributed by atoms with Gasteiger partial charge in [-0.05, 0) is 34.1 Å². The summed E-state index contributed by atoms with van der Waals surface area (Å²) in [5.74, 6) is 0.602.